The normalized spacial score (nSPS) is 14.7. The summed E-state index contributed by atoms with van der Waals surface area (Å²) in [6, 6.07) is 7.12. The first-order valence-electron chi connectivity index (χ1n) is 9.24. The van der Waals surface area contributed by atoms with Crippen molar-refractivity contribution in [2.24, 2.45) is 0 Å². The first kappa shape index (κ1) is 22.0. The van der Waals surface area contributed by atoms with Crippen LogP contribution in [0.4, 0.5) is 17.6 Å². The van der Waals surface area contributed by atoms with Crippen LogP contribution in [-0.4, -0.2) is 33.7 Å². The van der Waals surface area contributed by atoms with Crippen molar-refractivity contribution in [2.45, 2.75) is 44.3 Å². The highest BCUT2D eigenvalue weighted by Gasteiger charge is 2.56. The molecule has 0 spiro atoms. The molecule has 0 amide bonds. The number of halogens is 4. The third-order valence-corrected chi connectivity index (χ3v) is 5.18. The van der Waals surface area contributed by atoms with Gasteiger partial charge in [0.2, 0.25) is 5.72 Å². The van der Waals surface area contributed by atoms with Gasteiger partial charge in [-0.15, -0.1) is 0 Å². The molecule has 0 aliphatic heterocycles. The van der Waals surface area contributed by atoms with Crippen molar-refractivity contribution in [2.75, 3.05) is 7.11 Å². The maximum Gasteiger partial charge on any atom is 0.431 e. The molecule has 5 nitrogen and oxygen atoms in total. The molecule has 0 bridgehead atoms. The molecule has 2 N–H and O–H groups in total. The fraction of sp³-hybridized carbons (Fsp3) is 0.381. The van der Waals surface area contributed by atoms with E-state index in [0.29, 0.717) is 5.52 Å². The number of benzene rings is 1. The zero-order valence-corrected chi connectivity index (χ0v) is 16.8. The smallest absolute Gasteiger partial charge is 0.431 e. The summed E-state index contributed by atoms with van der Waals surface area (Å²) in [5, 5.41) is 13.7. The first-order valence-corrected chi connectivity index (χ1v) is 9.24. The minimum atomic E-state index is -4.98. The molecule has 9 heteroatoms. The van der Waals surface area contributed by atoms with Crippen molar-refractivity contribution in [1.82, 2.24) is 14.9 Å². The number of hydrogen-bond acceptors (Lipinski definition) is 4. The van der Waals surface area contributed by atoms with E-state index < -0.39 is 29.6 Å². The Morgan fingerprint density at radius 2 is 1.90 bits per heavy atom. The van der Waals surface area contributed by atoms with Crippen LogP contribution in [0, 0.1) is 5.82 Å². The summed E-state index contributed by atoms with van der Waals surface area (Å²) >= 11 is 0. The Labute approximate surface area is 171 Å². The Balaban J connectivity index is 1.91. The van der Waals surface area contributed by atoms with Crippen LogP contribution in [-0.2, 0) is 12.1 Å². The van der Waals surface area contributed by atoms with Gasteiger partial charge in [0, 0.05) is 29.8 Å². The number of nitrogens with one attached hydrogen (secondary N) is 1. The second kappa shape index (κ2) is 7.88. The topological polar surface area (TPSA) is 59.3 Å². The Bertz CT molecular complexity index is 1030. The lowest BCUT2D eigenvalue weighted by molar-refractivity contribution is -0.281. The predicted octanol–water partition coefficient (Wildman–Crippen LogP) is 4.35. The molecule has 0 radical (unpaired) electrons. The Kier molecular flexibility index (Phi) is 5.79. The van der Waals surface area contributed by atoms with Gasteiger partial charge in [0.1, 0.15) is 11.6 Å². The lowest BCUT2D eigenvalue weighted by Crippen LogP contribution is -2.59. The summed E-state index contributed by atoms with van der Waals surface area (Å²) in [5.41, 5.74) is -3.65. The van der Waals surface area contributed by atoms with Crippen molar-refractivity contribution in [3.05, 3.63) is 60.3 Å². The number of alkyl halides is 3. The largest absolute Gasteiger partial charge is 0.496 e. The Morgan fingerprint density at radius 3 is 2.57 bits per heavy atom. The molecule has 162 valence electrons. The van der Waals surface area contributed by atoms with Gasteiger partial charge in [-0.3, -0.25) is 10.3 Å². The summed E-state index contributed by atoms with van der Waals surface area (Å²) in [5.74, 6) is -0.359. The molecule has 3 rings (SSSR count). The van der Waals surface area contributed by atoms with E-state index in [1.807, 2.05) is 0 Å². The fourth-order valence-corrected chi connectivity index (χ4v) is 3.59. The van der Waals surface area contributed by atoms with Crippen LogP contribution in [0.25, 0.3) is 10.9 Å². The van der Waals surface area contributed by atoms with Crippen LogP contribution in [0.15, 0.2) is 48.9 Å². The molecule has 2 aromatic heterocycles. The molecule has 30 heavy (non-hydrogen) atoms. The van der Waals surface area contributed by atoms with Crippen molar-refractivity contribution >= 4 is 10.9 Å². The first-order chi connectivity index (χ1) is 14.0. The van der Waals surface area contributed by atoms with Gasteiger partial charge >= 0.3 is 6.18 Å². The second-order valence-electron chi connectivity index (χ2n) is 7.82. The monoisotopic (exact) mass is 425 g/mol. The lowest BCUT2D eigenvalue weighted by atomic mass is 9.77. The zero-order chi connectivity index (χ0) is 22.2. The van der Waals surface area contributed by atoms with Gasteiger partial charge in [-0.2, -0.15) is 13.2 Å². The molecule has 0 saturated heterocycles. The van der Waals surface area contributed by atoms with Crippen LogP contribution < -0.4 is 10.1 Å². The average Bonchev–Trinajstić information content (AvgIpc) is 3.08. The van der Waals surface area contributed by atoms with Crippen LogP contribution in [0.2, 0.25) is 0 Å². The molecule has 3 aromatic rings. The number of aliphatic hydroxyl groups is 1. The van der Waals surface area contributed by atoms with E-state index in [0.717, 1.165) is 17.5 Å². The van der Waals surface area contributed by atoms with Crippen molar-refractivity contribution in [1.29, 1.82) is 0 Å². The van der Waals surface area contributed by atoms with Gasteiger partial charge < -0.3 is 14.4 Å². The van der Waals surface area contributed by atoms with E-state index >= 15 is 0 Å². The zero-order valence-electron chi connectivity index (χ0n) is 16.8. The highest BCUT2D eigenvalue weighted by Crippen LogP contribution is 2.42. The Hall–Kier alpha value is -2.65. The highest BCUT2D eigenvalue weighted by atomic mass is 19.4. The third-order valence-electron chi connectivity index (χ3n) is 5.18. The van der Waals surface area contributed by atoms with Gasteiger partial charge in [0.15, 0.2) is 0 Å². The number of fused-ring (bicyclic) bond motifs is 1. The standard InChI is InChI=1S/C21H23F4N3O2/c1-19(2,16-10-15(22)4-5-18(16)30-3)12-20(29,21(23,24)25)27-13-28-9-7-14-6-8-26-11-17(14)28/h4-11,27,29H,12-13H2,1-3H3. The van der Waals surface area contributed by atoms with Gasteiger partial charge in [0.05, 0.1) is 25.5 Å². The van der Waals surface area contributed by atoms with Crippen LogP contribution in [0.3, 0.4) is 0 Å². The maximum atomic E-state index is 13.9. The van der Waals surface area contributed by atoms with Crippen LogP contribution >= 0.6 is 0 Å². The molecule has 1 atom stereocenters. The molecular formula is C21H23F4N3O2. The number of nitrogens with zero attached hydrogens (tertiary/aromatic N) is 2. The molecule has 0 aliphatic rings. The predicted molar refractivity (Wildman–Crippen MR) is 104 cm³/mol. The van der Waals surface area contributed by atoms with Crippen molar-refractivity contribution in [3.63, 3.8) is 0 Å². The number of rotatable bonds is 7. The second-order valence-corrected chi connectivity index (χ2v) is 7.82. The fourth-order valence-electron chi connectivity index (χ4n) is 3.59. The third kappa shape index (κ3) is 4.27. The summed E-state index contributed by atoms with van der Waals surface area (Å²) in [7, 11) is 1.35. The minimum Gasteiger partial charge on any atom is -0.496 e. The average molecular weight is 425 g/mol. The van der Waals surface area contributed by atoms with E-state index in [1.54, 1.807) is 24.5 Å². The van der Waals surface area contributed by atoms with Crippen LogP contribution in [0.5, 0.6) is 5.75 Å². The Morgan fingerprint density at radius 1 is 1.17 bits per heavy atom. The summed E-state index contributed by atoms with van der Waals surface area (Å²) in [6.07, 6.45) is -1.02. The molecule has 2 heterocycles. The highest BCUT2D eigenvalue weighted by molar-refractivity contribution is 5.78. The number of methoxy groups -OCH3 is 1. The van der Waals surface area contributed by atoms with E-state index in [4.69, 9.17) is 4.74 Å². The molecule has 0 aliphatic carbocycles. The number of pyridine rings is 1. The number of hydrogen-bond donors (Lipinski definition) is 2. The van der Waals surface area contributed by atoms with Gasteiger partial charge in [-0.25, -0.2) is 4.39 Å². The minimum absolute atomic E-state index is 0.227. The quantitative estimate of drug-likeness (QED) is 0.437. The molecule has 0 fully saturated rings. The van der Waals surface area contributed by atoms with E-state index in [-0.39, 0.29) is 18.0 Å². The van der Waals surface area contributed by atoms with Crippen LogP contribution in [0.1, 0.15) is 25.8 Å². The van der Waals surface area contributed by atoms with Gasteiger partial charge in [-0.05, 0) is 35.7 Å². The summed E-state index contributed by atoms with van der Waals surface area (Å²) in [6.45, 7) is 2.69. The van der Waals surface area contributed by atoms with E-state index in [1.165, 1.54) is 37.8 Å². The number of aromatic nitrogens is 2. The van der Waals surface area contributed by atoms with Crippen molar-refractivity contribution in [3.8, 4) is 5.75 Å². The summed E-state index contributed by atoms with van der Waals surface area (Å²) in [4.78, 5) is 3.98. The SMILES string of the molecule is COc1ccc(F)cc1C(C)(C)CC(O)(NCn1ccc2ccncc21)C(F)(F)F. The van der Waals surface area contributed by atoms with Gasteiger partial charge in [-0.1, -0.05) is 13.8 Å². The maximum absolute atomic E-state index is 13.9. The number of ether oxygens (including phenoxy) is 1. The van der Waals surface area contributed by atoms with Crippen molar-refractivity contribution < 1.29 is 27.4 Å². The lowest BCUT2D eigenvalue weighted by Gasteiger charge is -2.39. The molecular weight excluding hydrogens is 402 g/mol. The van der Waals surface area contributed by atoms with Gasteiger partial charge in [0.25, 0.3) is 0 Å². The molecule has 0 saturated carbocycles. The molecule has 1 unspecified atom stereocenters. The molecule has 1 aromatic carbocycles. The van der Waals surface area contributed by atoms with E-state index in [2.05, 4.69) is 10.3 Å². The van der Waals surface area contributed by atoms with E-state index in [9.17, 15) is 22.7 Å². The summed E-state index contributed by atoms with van der Waals surface area (Å²) < 4.78 is 62.3.